The molecule has 2 fully saturated rings. The van der Waals surface area contributed by atoms with Gasteiger partial charge in [-0.1, -0.05) is 31.4 Å². The van der Waals surface area contributed by atoms with Crippen LogP contribution in [0.3, 0.4) is 0 Å². The molecule has 164 valence electrons. The van der Waals surface area contributed by atoms with Crippen molar-refractivity contribution >= 4 is 23.0 Å². The number of hydrogen-bond acceptors (Lipinski definition) is 5. The van der Waals surface area contributed by atoms with Crippen LogP contribution in [0.15, 0.2) is 48.5 Å². The average molecular weight is 423 g/mol. The van der Waals surface area contributed by atoms with Gasteiger partial charge >= 0.3 is 0 Å². The first-order valence-electron chi connectivity index (χ1n) is 11.2. The van der Waals surface area contributed by atoms with Crippen LogP contribution in [0.25, 0.3) is 0 Å². The van der Waals surface area contributed by atoms with Crippen LogP contribution < -0.4 is 10.2 Å². The lowest BCUT2D eigenvalue weighted by Gasteiger charge is -2.39. The second-order valence-corrected chi connectivity index (χ2v) is 8.57. The van der Waals surface area contributed by atoms with Crippen molar-refractivity contribution in [2.24, 2.45) is 5.92 Å². The number of nitro benzene ring substituents is 1. The van der Waals surface area contributed by atoms with Crippen LogP contribution >= 0.6 is 0 Å². The zero-order valence-corrected chi connectivity index (χ0v) is 17.8. The maximum absolute atomic E-state index is 12.7. The number of non-ortho nitro benzene ring substituents is 1. The normalized spacial score (nSPS) is 18.0. The molecule has 2 aromatic carbocycles. The van der Waals surface area contributed by atoms with Crippen LogP contribution in [0.2, 0.25) is 0 Å². The number of carbonyl (C=O) groups is 1. The third-order valence-electron chi connectivity index (χ3n) is 6.45. The Bertz CT molecular complexity index is 901. The summed E-state index contributed by atoms with van der Waals surface area (Å²) < 4.78 is 0. The summed E-state index contributed by atoms with van der Waals surface area (Å²) in [4.78, 5) is 28.0. The number of para-hydroxylation sites is 2. The minimum atomic E-state index is -0.467. The topological polar surface area (TPSA) is 78.7 Å². The molecule has 0 radical (unpaired) electrons. The molecule has 7 heteroatoms. The third kappa shape index (κ3) is 5.41. The van der Waals surface area contributed by atoms with Crippen molar-refractivity contribution in [1.82, 2.24) is 4.90 Å². The maximum atomic E-state index is 12.7. The molecule has 2 aromatic rings. The third-order valence-corrected chi connectivity index (χ3v) is 6.45. The molecule has 1 saturated carbocycles. The minimum absolute atomic E-state index is 0.0250. The Kier molecular flexibility index (Phi) is 6.82. The van der Waals surface area contributed by atoms with Crippen molar-refractivity contribution in [3.63, 3.8) is 0 Å². The molecule has 2 aliphatic rings. The van der Waals surface area contributed by atoms with E-state index in [4.69, 9.17) is 0 Å². The monoisotopic (exact) mass is 422 g/mol. The van der Waals surface area contributed by atoms with Crippen molar-refractivity contribution in [3.8, 4) is 0 Å². The maximum Gasteiger partial charge on any atom is 0.269 e. The Morgan fingerprint density at radius 2 is 1.65 bits per heavy atom. The standard InChI is InChI=1S/C24H30N4O3/c29-24(20-10-12-21(13-11-20)28(30)31)25-22-8-4-5-9-23(22)27-16-14-26(15-17-27)18-19-6-2-1-3-7-19/h4-5,8-13,19H,1-3,6-7,14-18H2,(H,25,29). The number of piperazine rings is 1. The Balaban J connectivity index is 1.37. The van der Waals surface area contributed by atoms with Gasteiger partial charge in [-0.05, 0) is 43.0 Å². The zero-order chi connectivity index (χ0) is 21.6. The van der Waals surface area contributed by atoms with Crippen LogP contribution in [0, 0.1) is 16.0 Å². The van der Waals surface area contributed by atoms with Gasteiger partial charge in [0, 0.05) is 50.4 Å². The molecule has 0 spiro atoms. The number of rotatable bonds is 6. The van der Waals surface area contributed by atoms with E-state index in [2.05, 4.69) is 15.1 Å². The molecule has 4 rings (SSSR count). The molecule has 7 nitrogen and oxygen atoms in total. The summed E-state index contributed by atoms with van der Waals surface area (Å²) >= 11 is 0. The first-order chi connectivity index (χ1) is 15.1. The summed E-state index contributed by atoms with van der Waals surface area (Å²) in [5.74, 6) is 0.590. The fourth-order valence-corrected chi connectivity index (χ4v) is 4.69. The smallest absolute Gasteiger partial charge is 0.269 e. The minimum Gasteiger partial charge on any atom is -0.367 e. The van der Waals surface area contributed by atoms with Crippen molar-refractivity contribution < 1.29 is 9.72 Å². The number of nitro groups is 1. The van der Waals surface area contributed by atoms with E-state index in [-0.39, 0.29) is 11.6 Å². The number of nitrogens with one attached hydrogen (secondary N) is 1. The SMILES string of the molecule is O=C(Nc1ccccc1N1CCN(CC2CCCCC2)CC1)c1ccc([N+](=O)[O-])cc1. The molecule has 31 heavy (non-hydrogen) atoms. The van der Waals surface area contributed by atoms with Gasteiger partial charge in [-0.25, -0.2) is 0 Å². The molecular weight excluding hydrogens is 392 g/mol. The molecule has 0 unspecified atom stereocenters. The van der Waals surface area contributed by atoms with E-state index in [0.717, 1.165) is 43.5 Å². The van der Waals surface area contributed by atoms with Crippen molar-refractivity contribution in [2.45, 2.75) is 32.1 Å². The summed E-state index contributed by atoms with van der Waals surface area (Å²) in [7, 11) is 0. The molecule has 0 bridgehead atoms. The van der Waals surface area contributed by atoms with Crippen LogP contribution in [-0.2, 0) is 0 Å². The largest absolute Gasteiger partial charge is 0.367 e. The second kappa shape index (κ2) is 9.92. The van der Waals surface area contributed by atoms with Crippen LogP contribution in [-0.4, -0.2) is 48.5 Å². The Morgan fingerprint density at radius 1 is 0.968 bits per heavy atom. The van der Waals surface area contributed by atoms with Gasteiger partial charge in [0.15, 0.2) is 0 Å². The Morgan fingerprint density at radius 3 is 2.32 bits per heavy atom. The number of hydrogen-bond donors (Lipinski definition) is 1. The molecule has 0 aromatic heterocycles. The van der Waals surface area contributed by atoms with Crippen molar-refractivity contribution in [2.75, 3.05) is 42.9 Å². The number of anilines is 2. The first kappa shape index (κ1) is 21.3. The van der Waals surface area contributed by atoms with Gasteiger partial charge in [-0.2, -0.15) is 0 Å². The van der Waals surface area contributed by atoms with Gasteiger partial charge in [-0.3, -0.25) is 19.8 Å². The highest BCUT2D eigenvalue weighted by molar-refractivity contribution is 6.06. The number of benzene rings is 2. The fourth-order valence-electron chi connectivity index (χ4n) is 4.69. The van der Waals surface area contributed by atoms with Gasteiger partial charge in [-0.15, -0.1) is 0 Å². The number of nitrogens with zero attached hydrogens (tertiary/aromatic N) is 3. The molecule has 1 amide bonds. The van der Waals surface area contributed by atoms with Crippen LogP contribution in [0.4, 0.5) is 17.1 Å². The quantitative estimate of drug-likeness (QED) is 0.546. The van der Waals surface area contributed by atoms with E-state index < -0.39 is 4.92 Å². The van der Waals surface area contributed by atoms with Gasteiger partial charge in [0.1, 0.15) is 0 Å². The van der Waals surface area contributed by atoms with Crippen molar-refractivity contribution in [3.05, 3.63) is 64.2 Å². The zero-order valence-electron chi connectivity index (χ0n) is 17.8. The Labute approximate surface area is 183 Å². The van der Waals surface area contributed by atoms with Crippen LogP contribution in [0.5, 0.6) is 0 Å². The average Bonchev–Trinajstić information content (AvgIpc) is 2.81. The number of carbonyl (C=O) groups excluding carboxylic acids is 1. The summed E-state index contributed by atoms with van der Waals surface area (Å²) in [6, 6.07) is 13.5. The summed E-state index contributed by atoms with van der Waals surface area (Å²) in [5, 5.41) is 13.8. The van der Waals surface area contributed by atoms with Gasteiger partial charge in [0.2, 0.25) is 0 Å². The van der Waals surface area contributed by atoms with E-state index in [1.165, 1.54) is 62.9 Å². The van der Waals surface area contributed by atoms with Gasteiger partial charge in [0.05, 0.1) is 16.3 Å². The summed E-state index contributed by atoms with van der Waals surface area (Å²) in [5.41, 5.74) is 2.17. The molecule has 1 aliphatic heterocycles. The molecule has 1 heterocycles. The van der Waals surface area contributed by atoms with E-state index in [1.807, 2.05) is 24.3 Å². The highest BCUT2D eigenvalue weighted by Gasteiger charge is 2.23. The molecule has 1 N–H and O–H groups in total. The van der Waals surface area contributed by atoms with Gasteiger partial charge in [0.25, 0.3) is 11.6 Å². The lowest BCUT2D eigenvalue weighted by molar-refractivity contribution is -0.384. The fraction of sp³-hybridized carbons (Fsp3) is 0.458. The lowest BCUT2D eigenvalue weighted by atomic mass is 9.89. The van der Waals surface area contributed by atoms with Gasteiger partial charge < -0.3 is 10.2 Å². The molecular formula is C24H30N4O3. The lowest BCUT2D eigenvalue weighted by Crippen LogP contribution is -2.48. The van der Waals surface area contributed by atoms with E-state index in [9.17, 15) is 14.9 Å². The molecule has 1 saturated heterocycles. The highest BCUT2D eigenvalue weighted by atomic mass is 16.6. The van der Waals surface area contributed by atoms with Crippen molar-refractivity contribution in [1.29, 1.82) is 0 Å². The Hall–Kier alpha value is -2.93. The second-order valence-electron chi connectivity index (χ2n) is 8.57. The number of amides is 1. The predicted octanol–water partition coefficient (Wildman–Crippen LogP) is 4.55. The predicted molar refractivity (Wildman–Crippen MR) is 123 cm³/mol. The van der Waals surface area contributed by atoms with E-state index in [1.54, 1.807) is 0 Å². The molecule has 0 atom stereocenters. The van der Waals surface area contributed by atoms with E-state index >= 15 is 0 Å². The summed E-state index contributed by atoms with van der Waals surface area (Å²) in [6.07, 6.45) is 6.90. The molecule has 1 aliphatic carbocycles. The first-order valence-corrected chi connectivity index (χ1v) is 11.2. The van der Waals surface area contributed by atoms with Crippen LogP contribution in [0.1, 0.15) is 42.5 Å². The highest BCUT2D eigenvalue weighted by Crippen LogP contribution is 2.29. The van der Waals surface area contributed by atoms with E-state index in [0.29, 0.717) is 5.56 Å². The summed E-state index contributed by atoms with van der Waals surface area (Å²) in [6.45, 7) is 5.18.